The SMILES string of the molecule is C.C.CCN(CC)CC.CCN(CC)CC.CCO[Si](C)(C)C.C[C@H]1[C@H]2OP(=O)(O)OC[C@H]3O[C@@H](n4cnc5c(N)ncnc54)[C@H](F)[C@@H]3OP(O)(=S)OC[C@H]1O[C@H]2n1cc(F)c2c(=O)[nH]cnc21.Nc1ncnc2c1ncn2[C@@H]1O[C@@H]2COP(=O)(O)O[C@@H]3[C@H](O)[C@@H](COP(=O)(S)O[C@H]2[C@H]1F)O[C@H]3n1cc(F)c2c(=O)[nH]cnc21. The summed E-state index contributed by atoms with van der Waals surface area (Å²) in [6.45, 7) is 19.8. The summed E-state index contributed by atoms with van der Waals surface area (Å²) in [5.74, 6) is -2.66. The number of hydrogen-bond acceptors (Lipinski definition) is 32. The minimum absolute atomic E-state index is 0. The third-order valence-corrected chi connectivity index (χ3v) is 24.7. The Balaban J connectivity index is 0.000000223. The van der Waals surface area contributed by atoms with Gasteiger partial charge in [0.1, 0.15) is 83.3 Å². The first kappa shape index (κ1) is 92.9. The first-order valence-corrected chi connectivity index (χ1v) is 46.7. The monoisotopic (exact) mass is 1740 g/mol. The molecule has 8 aromatic heterocycles. The zero-order valence-corrected chi connectivity index (χ0v) is 68.1. The van der Waals surface area contributed by atoms with E-state index in [9.17, 15) is 51.9 Å². The lowest BCUT2D eigenvalue weighted by Crippen LogP contribution is -2.35. The van der Waals surface area contributed by atoms with E-state index < -0.39 is 190 Å². The average molecular weight is 1740 g/mol. The highest BCUT2D eigenvalue weighted by Gasteiger charge is 2.56. The summed E-state index contributed by atoms with van der Waals surface area (Å²) < 4.78 is 177. The molecular formula is C62H98F4N18O22P4S2Si. The van der Waals surface area contributed by atoms with Crippen molar-refractivity contribution in [3.05, 3.63) is 82.7 Å². The van der Waals surface area contributed by atoms with Crippen molar-refractivity contribution in [2.45, 2.75) is 182 Å². The molecule has 51 heteroatoms. The Morgan fingerprint density at radius 3 is 1.38 bits per heavy atom. The van der Waals surface area contributed by atoms with Crippen molar-refractivity contribution in [1.29, 1.82) is 0 Å². The van der Waals surface area contributed by atoms with E-state index in [1.54, 1.807) is 6.92 Å². The van der Waals surface area contributed by atoms with Gasteiger partial charge in [0.25, 0.3) is 11.1 Å². The van der Waals surface area contributed by atoms with Crippen LogP contribution in [0.25, 0.3) is 44.4 Å². The van der Waals surface area contributed by atoms with Crippen LogP contribution < -0.4 is 22.6 Å². The number of aromatic amines is 2. The highest BCUT2D eigenvalue weighted by Crippen LogP contribution is 2.60. The van der Waals surface area contributed by atoms with Crippen molar-refractivity contribution < 1.29 is 111 Å². The summed E-state index contributed by atoms with van der Waals surface area (Å²) in [4.78, 5) is 98.0. The minimum atomic E-state index is -5.16. The molecule has 20 atom stereocenters. The summed E-state index contributed by atoms with van der Waals surface area (Å²) in [5.41, 5.74) is 10.2. The van der Waals surface area contributed by atoms with E-state index in [0.717, 1.165) is 53.4 Å². The van der Waals surface area contributed by atoms with Crippen LogP contribution in [0.1, 0.15) is 95.2 Å². The van der Waals surface area contributed by atoms with E-state index in [0.29, 0.717) is 0 Å². The maximum Gasteiger partial charge on any atom is 0.472 e. The Labute approximate surface area is 657 Å². The number of hydrogen-bond donors (Lipinski definition) is 9. The molecule has 8 aromatic rings. The third-order valence-electron chi connectivity index (χ3n) is 18.4. The zero-order valence-electron chi connectivity index (χ0n) is 61.8. The molecule has 0 radical (unpaired) electrons. The highest BCUT2D eigenvalue weighted by molar-refractivity contribution is 8.44. The summed E-state index contributed by atoms with van der Waals surface area (Å²) in [5, 5.41) is 10.2. The molecule has 113 heavy (non-hydrogen) atoms. The van der Waals surface area contributed by atoms with Crippen molar-refractivity contribution in [3.63, 3.8) is 0 Å². The number of anilines is 2. The van der Waals surface area contributed by atoms with Gasteiger partial charge in [-0.15, -0.1) is 0 Å². The molecule has 6 saturated heterocycles. The molecule has 10 N–H and O–H groups in total. The van der Waals surface area contributed by atoms with Gasteiger partial charge in [-0.25, -0.2) is 71.1 Å². The van der Waals surface area contributed by atoms with Crippen LogP contribution in [0.3, 0.4) is 0 Å². The number of aromatic nitrogens is 14. The molecule has 40 nitrogen and oxygen atoms in total. The molecule has 0 saturated carbocycles. The van der Waals surface area contributed by atoms with Crippen LogP contribution in [0.4, 0.5) is 29.2 Å². The number of aliphatic hydroxyl groups is 1. The van der Waals surface area contributed by atoms with Crippen LogP contribution >= 0.6 is 41.4 Å². The number of fused-ring (bicyclic) bond motifs is 10. The van der Waals surface area contributed by atoms with Gasteiger partial charge in [-0.3, -0.25) is 50.4 Å². The van der Waals surface area contributed by atoms with Crippen molar-refractivity contribution in [2.24, 2.45) is 5.92 Å². The Bertz CT molecular complexity index is 4540. The number of thiol groups is 1. The Morgan fingerprint density at radius 1 is 0.566 bits per heavy atom. The molecule has 6 aliphatic rings. The fourth-order valence-corrected chi connectivity index (χ4v) is 18.5. The fourth-order valence-electron chi connectivity index (χ4n) is 12.7. The normalized spacial score (nSPS) is 32.1. The van der Waals surface area contributed by atoms with Gasteiger partial charge in [0.15, 0.2) is 91.4 Å². The molecule has 0 amide bonds. The van der Waals surface area contributed by atoms with Crippen LogP contribution in [0.5, 0.6) is 0 Å². The van der Waals surface area contributed by atoms with Gasteiger partial charge in [-0.2, -0.15) is 0 Å². The minimum Gasteiger partial charge on any atom is -0.418 e. The molecule has 4 unspecified atom stereocenters. The number of nitrogen functional groups attached to an aromatic ring is 2. The smallest absolute Gasteiger partial charge is 0.418 e. The van der Waals surface area contributed by atoms with Gasteiger partial charge in [-0.1, -0.05) is 75.6 Å². The number of H-pyrrole nitrogens is 2. The molecule has 632 valence electrons. The number of aliphatic hydroxyl groups excluding tert-OH is 1. The number of nitrogens with two attached hydrogens (primary N) is 2. The maximum absolute atomic E-state index is 16.0. The molecule has 0 aromatic carbocycles. The average Bonchev–Trinajstić information content (AvgIpc) is 1.58. The van der Waals surface area contributed by atoms with E-state index in [1.807, 2.05) is 6.92 Å². The maximum atomic E-state index is 16.0. The number of nitrogens with zero attached hydrogens (tertiary/aromatic N) is 14. The van der Waals surface area contributed by atoms with Crippen molar-refractivity contribution >= 4 is 118 Å². The number of phosphoric acid groups is 2. The predicted octanol–water partition coefficient (Wildman–Crippen LogP) is 7.75. The topological polar surface area (TPSA) is 499 Å². The molecule has 0 spiro atoms. The first-order chi connectivity index (χ1) is 52.4. The molecular weight excluding hydrogens is 1640 g/mol. The van der Waals surface area contributed by atoms with E-state index >= 15 is 8.78 Å². The second kappa shape index (κ2) is 38.9. The van der Waals surface area contributed by atoms with E-state index in [-0.39, 0.29) is 65.5 Å². The third kappa shape index (κ3) is 21.5. The van der Waals surface area contributed by atoms with Crippen LogP contribution in [-0.2, 0) is 85.1 Å². The van der Waals surface area contributed by atoms with Gasteiger partial charge in [0.2, 0.25) is 0 Å². The summed E-state index contributed by atoms with van der Waals surface area (Å²) in [6.07, 6.45) is -15.2. The van der Waals surface area contributed by atoms with Crippen molar-refractivity contribution in [3.8, 4) is 0 Å². The quantitative estimate of drug-likeness (QED) is 0.0244. The number of imidazole rings is 2. The number of phosphoric ester groups is 2. The van der Waals surface area contributed by atoms with Gasteiger partial charge in [-0.05, 0) is 77.6 Å². The first-order valence-electron chi connectivity index (χ1n) is 35.1. The molecule has 6 aliphatic heterocycles. The predicted molar refractivity (Wildman–Crippen MR) is 412 cm³/mol. The highest BCUT2D eigenvalue weighted by atomic mass is 32.7. The Morgan fingerprint density at radius 2 is 0.965 bits per heavy atom. The number of nitrogens with one attached hydrogen (secondary N) is 2. The summed E-state index contributed by atoms with van der Waals surface area (Å²) in [7, 11) is -11.3. The van der Waals surface area contributed by atoms with E-state index in [2.05, 4.69) is 133 Å². The van der Waals surface area contributed by atoms with Crippen LogP contribution in [0.2, 0.25) is 19.6 Å². The van der Waals surface area contributed by atoms with Crippen LogP contribution in [0.15, 0.2) is 59.9 Å². The summed E-state index contributed by atoms with van der Waals surface area (Å²) in [6, 6.07) is 0. The number of halogens is 4. The Kier molecular flexibility index (Phi) is 32.0. The standard InChI is InChI=1S/C22H24F2N8O10P2S.C21H22F2N8O11P2S.2C6H15N.C5H14OSi.2CH4/c1-8-10-3-38-44(36,45)42-16-11(40-21(13(16)24)32-7-30-14-17(25)26-5-28-19(14)32)4-37-43(34,35)41-15(8)22(39-10)31-2-9(23)12-18(31)27-6-29-20(12)33;22-7-1-30(17-10(7)19(33)28-5-26-17)21-15-13(32)8(39-21)2-38-44(36,45)42-14-9(3-37-43(34,35)41-15)40-20(11(14)23)31-6-29-12-16(24)25-4-27-18(12)31;2*1-4-7(5-2)6-3;1-5-6-7(2,3)4;;/h2,5-8,10-11,13,15-16,21-22H,3-4H2,1H3,(H,34,35)(H,36,45)(H2,25,26,28)(H,27,29,33);1,4-6,8-9,11,13-15,20-21,32H,2-3H2,(H,34,35)(H,36,45)(H2,24,25,27)(H,26,28,33);2*4-6H2,1-3H3;5H2,1-4H3;2*1H4/t8-,10-,11-,13-,15-,16-,21-,22-,44?;8-,9-,11-,13-,14-,15-,20-,21-,44?;;;;;/m11...../s1. The molecule has 4 bridgehead atoms. The lowest BCUT2D eigenvalue weighted by Gasteiger charge is -2.26. The lowest BCUT2D eigenvalue weighted by atomic mass is 10.0. The number of ether oxygens (including phenoxy) is 4. The van der Waals surface area contributed by atoms with Crippen LogP contribution in [-0.4, -0.2) is 246 Å². The van der Waals surface area contributed by atoms with Gasteiger partial charge in [0.05, 0.1) is 57.8 Å². The van der Waals surface area contributed by atoms with Crippen molar-refractivity contribution in [1.82, 2.24) is 77.9 Å². The van der Waals surface area contributed by atoms with Gasteiger partial charge in [0, 0.05) is 24.9 Å². The Hall–Kier alpha value is -5.59. The van der Waals surface area contributed by atoms with Crippen LogP contribution in [0, 0.1) is 17.6 Å². The van der Waals surface area contributed by atoms with Crippen molar-refractivity contribution in [2.75, 3.05) is 83.8 Å². The molecule has 6 fully saturated rings. The molecule has 0 aliphatic carbocycles. The summed E-state index contributed by atoms with van der Waals surface area (Å²) >= 11 is 9.11. The number of alkyl halides is 2. The largest absolute Gasteiger partial charge is 0.472 e. The van der Waals surface area contributed by atoms with E-state index in [4.69, 9.17) is 82.8 Å². The second-order valence-electron chi connectivity index (χ2n) is 26.4. The number of rotatable bonds is 12. The molecule has 14 rings (SSSR count). The zero-order chi connectivity index (χ0) is 81.0. The van der Waals surface area contributed by atoms with E-state index in [1.165, 1.54) is 61.1 Å². The van der Waals surface area contributed by atoms with Gasteiger partial charge >= 0.3 is 29.2 Å². The lowest BCUT2D eigenvalue weighted by molar-refractivity contribution is -0.0641. The fraction of sp³-hybridized carbons (Fsp3) is 0.645. The second-order valence-corrected chi connectivity index (χ2v) is 39.4. The van der Waals surface area contributed by atoms with Gasteiger partial charge < -0.3 is 88.1 Å². The molecule has 14 heterocycles.